The summed E-state index contributed by atoms with van der Waals surface area (Å²) >= 11 is 5.80. The summed E-state index contributed by atoms with van der Waals surface area (Å²) < 4.78 is 0. The number of aliphatic imine (C=N–C) groups is 1. The van der Waals surface area contributed by atoms with Gasteiger partial charge < -0.3 is 5.32 Å². The molecule has 0 heterocycles. The number of nitrogens with zero attached hydrogens (tertiary/aromatic N) is 1. The molecule has 0 aliphatic heterocycles. The summed E-state index contributed by atoms with van der Waals surface area (Å²) in [5.74, 6) is 6.02. The molecule has 2 rings (SSSR count). The van der Waals surface area contributed by atoms with Gasteiger partial charge in [-0.2, -0.15) is 0 Å². The lowest BCUT2D eigenvalue weighted by atomic mass is 10.2. The van der Waals surface area contributed by atoms with Gasteiger partial charge in [-0.15, -0.1) is 0 Å². The van der Waals surface area contributed by atoms with Crippen molar-refractivity contribution in [2.45, 2.75) is 25.4 Å². The molecule has 1 saturated carbocycles. The second-order valence-corrected chi connectivity index (χ2v) is 4.29. The highest BCUT2D eigenvalue weighted by Gasteiger charge is 2.21. The molecule has 1 aromatic carbocycles. The van der Waals surface area contributed by atoms with Crippen LogP contribution in [0.25, 0.3) is 0 Å². The van der Waals surface area contributed by atoms with Crippen molar-refractivity contribution in [1.82, 2.24) is 10.7 Å². The normalized spacial score (nSPS) is 16.0. The molecule has 16 heavy (non-hydrogen) atoms. The molecule has 5 heteroatoms. The van der Waals surface area contributed by atoms with Gasteiger partial charge in [0.05, 0.1) is 6.54 Å². The van der Waals surface area contributed by atoms with Gasteiger partial charge in [-0.05, 0) is 30.5 Å². The van der Waals surface area contributed by atoms with Crippen molar-refractivity contribution in [2.75, 3.05) is 0 Å². The summed E-state index contributed by atoms with van der Waals surface area (Å²) in [5.41, 5.74) is 3.67. The number of halogens is 1. The number of hydrogen-bond donors (Lipinski definition) is 3. The second-order valence-electron chi connectivity index (χ2n) is 3.85. The third-order valence-corrected chi connectivity index (χ3v) is 2.64. The van der Waals surface area contributed by atoms with Gasteiger partial charge in [0, 0.05) is 11.1 Å². The van der Waals surface area contributed by atoms with Gasteiger partial charge in [0.25, 0.3) is 0 Å². The molecule has 0 atom stereocenters. The highest BCUT2D eigenvalue weighted by molar-refractivity contribution is 6.30. The van der Waals surface area contributed by atoms with E-state index in [0.29, 0.717) is 18.5 Å². The van der Waals surface area contributed by atoms with Crippen LogP contribution in [0.1, 0.15) is 18.4 Å². The Bertz CT molecular complexity index is 370. The highest BCUT2D eigenvalue weighted by Crippen LogP contribution is 2.18. The number of hydrogen-bond acceptors (Lipinski definition) is 2. The summed E-state index contributed by atoms with van der Waals surface area (Å²) in [6.07, 6.45) is 2.39. The number of hydrazine groups is 1. The van der Waals surface area contributed by atoms with E-state index >= 15 is 0 Å². The van der Waals surface area contributed by atoms with Crippen LogP contribution >= 0.6 is 11.6 Å². The molecular weight excluding hydrogens is 224 g/mol. The van der Waals surface area contributed by atoms with Gasteiger partial charge >= 0.3 is 0 Å². The van der Waals surface area contributed by atoms with Gasteiger partial charge in [-0.1, -0.05) is 23.7 Å². The predicted molar refractivity (Wildman–Crippen MR) is 66.1 cm³/mol. The fraction of sp³-hybridized carbons (Fsp3) is 0.364. The zero-order valence-electron chi connectivity index (χ0n) is 8.91. The van der Waals surface area contributed by atoms with Gasteiger partial charge in [0.2, 0.25) is 5.96 Å². The van der Waals surface area contributed by atoms with Crippen LogP contribution in [0.3, 0.4) is 0 Å². The molecule has 1 aromatic rings. The van der Waals surface area contributed by atoms with Crippen molar-refractivity contribution >= 4 is 17.6 Å². The fourth-order valence-corrected chi connectivity index (χ4v) is 1.44. The van der Waals surface area contributed by atoms with Crippen LogP contribution in [0, 0.1) is 0 Å². The monoisotopic (exact) mass is 238 g/mol. The SMILES string of the molecule is NNC(=NCc1ccc(Cl)cc1)NC1CC1. The highest BCUT2D eigenvalue weighted by atomic mass is 35.5. The number of nitrogens with two attached hydrogens (primary N) is 1. The molecule has 86 valence electrons. The van der Waals surface area contributed by atoms with Crippen molar-refractivity contribution in [1.29, 1.82) is 0 Å². The first-order valence-electron chi connectivity index (χ1n) is 5.30. The van der Waals surface area contributed by atoms with Gasteiger partial charge in [-0.25, -0.2) is 10.8 Å². The Kier molecular flexibility index (Phi) is 3.64. The van der Waals surface area contributed by atoms with Crippen LogP contribution in [-0.2, 0) is 6.54 Å². The van der Waals surface area contributed by atoms with E-state index in [9.17, 15) is 0 Å². The minimum absolute atomic E-state index is 0.542. The van der Waals surface area contributed by atoms with E-state index < -0.39 is 0 Å². The average Bonchev–Trinajstić information content (AvgIpc) is 3.10. The van der Waals surface area contributed by atoms with Crippen LogP contribution in [-0.4, -0.2) is 12.0 Å². The van der Waals surface area contributed by atoms with E-state index in [1.807, 2.05) is 24.3 Å². The summed E-state index contributed by atoms with van der Waals surface area (Å²) in [6, 6.07) is 8.17. The molecule has 0 amide bonds. The molecular formula is C11H15ClN4. The van der Waals surface area contributed by atoms with Crippen LogP contribution in [0.15, 0.2) is 29.3 Å². The molecule has 1 aliphatic carbocycles. The third kappa shape index (κ3) is 3.40. The third-order valence-electron chi connectivity index (χ3n) is 2.39. The van der Waals surface area contributed by atoms with Crippen molar-refractivity contribution in [3.05, 3.63) is 34.9 Å². The zero-order valence-corrected chi connectivity index (χ0v) is 9.67. The Morgan fingerprint density at radius 2 is 2.06 bits per heavy atom. The largest absolute Gasteiger partial charge is 0.353 e. The van der Waals surface area contributed by atoms with E-state index in [-0.39, 0.29) is 0 Å². The maximum Gasteiger partial charge on any atom is 0.206 e. The minimum atomic E-state index is 0.542. The molecule has 1 fully saturated rings. The lowest BCUT2D eigenvalue weighted by molar-refractivity contribution is 0.821. The summed E-state index contributed by atoms with van der Waals surface area (Å²) in [5, 5.41) is 3.95. The smallest absolute Gasteiger partial charge is 0.206 e. The van der Waals surface area contributed by atoms with Crippen LogP contribution in [0.2, 0.25) is 5.02 Å². The molecule has 0 bridgehead atoms. The summed E-state index contributed by atoms with van der Waals surface area (Å²) in [4.78, 5) is 4.35. The maximum atomic E-state index is 5.80. The lowest BCUT2D eigenvalue weighted by Gasteiger charge is -2.07. The fourth-order valence-electron chi connectivity index (χ4n) is 1.31. The molecule has 0 spiro atoms. The van der Waals surface area contributed by atoms with Crippen LogP contribution in [0.5, 0.6) is 0 Å². The Morgan fingerprint density at radius 1 is 1.38 bits per heavy atom. The number of guanidine groups is 1. The molecule has 0 unspecified atom stereocenters. The molecule has 1 aliphatic rings. The second kappa shape index (κ2) is 5.18. The first kappa shape index (κ1) is 11.2. The van der Waals surface area contributed by atoms with E-state index in [4.69, 9.17) is 17.4 Å². The lowest BCUT2D eigenvalue weighted by Crippen LogP contribution is -2.42. The molecule has 4 N–H and O–H groups in total. The van der Waals surface area contributed by atoms with Crippen LogP contribution in [0.4, 0.5) is 0 Å². The van der Waals surface area contributed by atoms with Crippen molar-refractivity contribution in [3.8, 4) is 0 Å². The van der Waals surface area contributed by atoms with Gasteiger partial charge in [0.1, 0.15) is 0 Å². The average molecular weight is 239 g/mol. The first-order chi connectivity index (χ1) is 7.78. The maximum absolute atomic E-state index is 5.80. The van der Waals surface area contributed by atoms with Crippen molar-refractivity contribution in [3.63, 3.8) is 0 Å². The number of rotatable bonds is 3. The minimum Gasteiger partial charge on any atom is -0.353 e. The molecule has 0 saturated heterocycles. The van der Waals surface area contributed by atoms with Crippen molar-refractivity contribution < 1.29 is 0 Å². The number of nitrogens with one attached hydrogen (secondary N) is 2. The topological polar surface area (TPSA) is 62.4 Å². The van der Waals surface area contributed by atoms with Gasteiger partial charge in [-0.3, -0.25) is 5.43 Å². The van der Waals surface area contributed by atoms with E-state index in [0.717, 1.165) is 10.6 Å². The summed E-state index contributed by atoms with van der Waals surface area (Å²) in [6.45, 7) is 0.594. The Morgan fingerprint density at radius 3 is 2.62 bits per heavy atom. The molecule has 4 nitrogen and oxygen atoms in total. The van der Waals surface area contributed by atoms with E-state index in [1.165, 1.54) is 12.8 Å². The number of benzene rings is 1. The predicted octanol–water partition coefficient (Wildman–Crippen LogP) is 1.41. The quantitative estimate of drug-likeness (QED) is 0.323. The van der Waals surface area contributed by atoms with E-state index in [1.54, 1.807) is 0 Å². The standard InChI is InChI=1S/C11H15ClN4/c12-9-3-1-8(2-4-9)7-14-11(16-13)15-10-5-6-10/h1-4,10H,5-7,13H2,(H2,14,15,16). The van der Waals surface area contributed by atoms with Crippen LogP contribution < -0.4 is 16.6 Å². The first-order valence-corrected chi connectivity index (χ1v) is 5.68. The Hall–Kier alpha value is -1.26. The molecule has 0 aromatic heterocycles. The van der Waals surface area contributed by atoms with Gasteiger partial charge in [0.15, 0.2) is 0 Å². The zero-order chi connectivity index (χ0) is 11.4. The molecule has 0 radical (unpaired) electrons. The Balaban J connectivity index is 1.91. The Labute approximate surface area is 99.9 Å². The van der Waals surface area contributed by atoms with E-state index in [2.05, 4.69) is 15.7 Å². The summed E-state index contributed by atoms with van der Waals surface area (Å²) in [7, 11) is 0. The van der Waals surface area contributed by atoms with Crippen molar-refractivity contribution in [2.24, 2.45) is 10.8 Å².